The lowest BCUT2D eigenvalue weighted by Crippen LogP contribution is -2.29. The second kappa shape index (κ2) is 7.31. The molecule has 0 aliphatic carbocycles. The number of rotatable bonds is 4. The fraction of sp³-hybridized carbons (Fsp3) is 0.263. The zero-order valence-corrected chi connectivity index (χ0v) is 15.3. The van der Waals surface area contributed by atoms with Gasteiger partial charge in [0.15, 0.2) is 5.13 Å². The zero-order valence-electron chi connectivity index (χ0n) is 14.5. The Morgan fingerprint density at radius 1 is 1.27 bits per heavy atom. The Kier molecular flexibility index (Phi) is 4.73. The van der Waals surface area contributed by atoms with Gasteiger partial charge in [0.05, 0.1) is 11.9 Å². The molecule has 1 aliphatic rings. The number of benzene rings is 1. The van der Waals surface area contributed by atoms with Crippen molar-refractivity contribution in [3.05, 3.63) is 70.2 Å². The Morgan fingerprint density at radius 3 is 2.88 bits per heavy atom. The van der Waals surface area contributed by atoms with Crippen LogP contribution in [0.2, 0.25) is 0 Å². The van der Waals surface area contributed by atoms with Gasteiger partial charge in [-0.2, -0.15) is 0 Å². The molecule has 3 heterocycles. The number of hydrogen-bond acceptors (Lipinski definition) is 6. The van der Waals surface area contributed by atoms with Gasteiger partial charge in [-0.05, 0) is 12.5 Å². The smallest absolute Gasteiger partial charge is 0.277 e. The van der Waals surface area contributed by atoms with Crippen LogP contribution >= 0.6 is 11.3 Å². The molecule has 0 saturated heterocycles. The number of aromatic nitrogens is 3. The molecule has 0 bridgehead atoms. The second-order valence-electron chi connectivity index (χ2n) is 6.38. The average Bonchev–Trinajstić information content (AvgIpc) is 3.06. The number of carbonyl (C=O) groups is 1. The standard InChI is InChI=1S/C19H19N5OS/c1-13-2-4-14(5-3-13)11-24-9-6-15-17(12-24)26-19(22-15)23-18(25)16-10-20-7-8-21-16/h2-5,7-8,10H,6,9,11-12H2,1H3,(H,22,23,25). The third-order valence-corrected chi connectivity index (χ3v) is 5.35. The SMILES string of the molecule is Cc1ccc(CN2CCc3nc(NC(=O)c4cnccn4)sc3C2)cc1. The molecule has 132 valence electrons. The quantitative estimate of drug-likeness (QED) is 0.769. The molecule has 0 radical (unpaired) electrons. The van der Waals surface area contributed by atoms with Crippen molar-refractivity contribution >= 4 is 22.4 Å². The van der Waals surface area contributed by atoms with E-state index in [1.807, 2.05) is 0 Å². The van der Waals surface area contributed by atoms with Gasteiger partial charge in [0.1, 0.15) is 5.69 Å². The van der Waals surface area contributed by atoms with E-state index in [9.17, 15) is 4.79 Å². The highest BCUT2D eigenvalue weighted by atomic mass is 32.1. The van der Waals surface area contributed by atoms with Crippen molar-refractivity contribution in [2.75, 3.05) is 11.9 Å². The topological polar surface area (TPSA) is 71.0 Å². The van der Waals surface area contributed by atoms with Crippen LogP contribution < -0.4 is 5.32 Å². The molecule has 26 heavy (non-hydrogen) atoms. The van der Waals surface area contributed by atoms with E-state index in [0.29, 0.717) is 10.8 Å². The van der Waals surface area contributed by atoms with Crippen LogP contribution in [-0.2, 0) is 19.5 Å². The largest absolute Gasteiger partial charge is 0.296 e. The van der Waals surface area contributed by atoms with Gasteiger partial charge in [-0.15, -0.1) is 11.3 Å². The molecule has 1 aromatic carbocycles. The third kappa shape index (κ3) is 3.79. The van der Waals surface area contributed by atoms with Gasteiger partial charge >= 0.3 is 0 Å². The first-order valence-corrected chi connectivity index (χ1v) is 9.33. The summed E-state index contributed by atoms with van der Waals surface area (Å²) in [6, 6.07) is 8.67. The van der Waals surface area contributed by atoms with E-state index in [0.717, 1.165) is 31.7 Å². The number of carbonyl (C=O) groups excluding carboxylic acids is 1. The van der Waals surface area contributed by atoms with E-state index in [1.54, 1.807) is 17.5 Å². The number of aryl methyl sites for hydroxylation is 1. The first-order chi connectivity index (χ1) is 12.7. The molecule has 0 spiro atoms. The first kappa shape index (κ1) is 16.8. The fourth-order valence-electron chi connectivity index (χ4n) is 2.97. The Balaban J connectivity index is 1.42. The molecule has 1 aliphatic heterocycles. The molecular formula is C19H19N5OS. The lowest BCUT2D eigenvalue weighted by molar-refractivity contribution is 0.102. The van der Waals surface area contributed by atoms with Crippen molar-refractivity contribution in [3.8, 4) is 0 Å². The minimum absolute atomic E-state index is 0.277. The maximum atomic E-state index is 12.2. The number of nitrogens with one attached hydrogen (secondary N) is 1. The van der Waals surface area contributed by atoms with Gasteiger partial charge in [0.2, 0.25) is 0 Å². The Labute approximate surface area is 155 Å². The molecule has 6 nitrogen and oxygen atoms in total. The molecule has 7 heteroatoms. The molecule has 0 fully saturated rings. The number of thiazole rings is 1. The second-order valence-corrected chi connectivity index (χ2v) is 7.46. The highest BCUT2D eigenvalue weighted by molar-refractivity contribution is 7.15. The van der Waals surface area contributed by atoms with E-state index >= 15 is 0 Å². The van der Waals surface area contributed by atoms with Gasteiger partial charge in [0.25, 0.3) is 5.91 Å². The molecule has 1 amide bonds. The van der Waals surface area contributed by atoms with Crippen LogP contribution in [0.4, 0.5) is 5.13 Å². The lowest BCUT2D eigenvalue weighted by Gasteiger charge is -2.25. The summed E-state index contributed by atoms with van der Waals surface area (Å²) in [6.07, 6.45) is 5.40. The van der Waals surface area contributed by atoms with Crippen LogP contribution in [-0.4, -0.2) is 32.3 Å². The highest BCUT2D eigenvalue weighted by Crippen LogP contribution is 2.29. The molecular weight excluding hydrogens is 346 g/mol. The number of nitrogens with zero attached hydrogens (tertiary/aromatic N) is 4. The van der Waals surface area contributed by atoms with Gasteiger partial charge in [-0.3, -0.25) is 20.0 Å². The van der Waals surface area contributed by atoms with E-state index in [-0.39, 0.29) is 5.91 Å². The summed E-state index contributed by atoms with van der Waals surface area (Å²) in [5.41, 5.74) is 3.98. The van der Waals surface area contributed by atoms with E-state index in [4.69, 9.17) is 0 Å². The maximum absolute atomic E-state index is 12.2. The van der Waals surface area contributed by atoms with Gasteiger partial charge in [-0.1, -0.05) is 29.8 Å². The maximum Gasteiger partial charge on any atom is 0.277 e. The van der Waals surface area contributed by atoms with Gasteiger partial charge in [0, 0.05) is 43.3 Å². The summed E-state index contributed by atoms with van der Waals surface area (Å²) in [4.78, 5) is 28.4. The van der Waals surface area contributed by atoms with Crippen molar-refractivity contribution < 1.29 is 4.79 Å². The van der Waals surface area contributed by atoms with Crippen molar-refractivity contribution in [3.63, 3.8) is 0 Å². The van der Waals surface area contributed by atoms with Crippen LogP contribution in [0.25, 0.3) is 0 Å². The summed E-state index contributed by atoms with van der Waals surface area (Å²) >= 11 is 1.54. The van der Waals surface area contributed by atoms with Gasteiger partial charge < -0.3 is 0 Å². The van der Waals surface area contributed by atoms with Crippen molar-refractivity contribution in [2.45, 2.75) is 26.4 Å². The molecule has 1 N–H and O–H groups in total. The Hall–Kier alpha value is -2.64. The minimum Gasteiger partial charge on any atom is -0.296 e. The number of fused-ring (bicyclic) bond motifs is 1. The van der Waals surface area contributed by atoms with Crippen LogP contribution in [0.1, 0.15) is 32.2 Å². The van der Waals surface area contributed by atoms with Crippen LogP contribution in [0.3, 0.4) is 0 Å². The number of hydrogen-bond donors (Lipinski definition) is 1. The average molecular weight is 365 g/mol. The molecule has 2 aromatic heterocycles. The molecule has 4 rings (SSSR count). The normalized spacial score (nSPS) is 14.0. The molecule has 3 aromatic rings. The number of anilines is 1. The van der Waals surface area contributed by atoms with Crippen LogP contribution in [0, 0.1) is 6.92 Å². The molecule has 0 atom stereocenters. The fourth-order valence-corrected chi connectivity index (χ4v) is 4.01. The van der Waals surface area contributed by atoms with Gasteiger partial charge in [-0.25, -0.2) is 9.97 Å². The predicted octanol–water partition coefficient (Wildman–Crippen LogP) is 3.05. The molecule has 0 saturated carbocycles. The minimum atomic E-state index is -0.277. The number of amides is 1. The summed E-state index contributed by atoms with van der Waals surface area (Å²) in [6.45, 7) is 4.87. The Bertz CT molecular complexity index is 907. The van der Waals surface area contributed by atoms with Crippen molar-refractivity contribution in [1.82, 2.24) is 19.9 Å². The Morgan fingerprint density at radius 2 is 2.12 bits per heavy atom. The van der Waals surface area contributed by atoms with E-state index < -0.39 is 0 Å². The summed E-state index contributed by atoms with van der Waals surface area (Å²) in [5.74, 6) is -0.277. The van der Waals surface area contributed by atoms with E-state index in [2.05, 4.69) is 56.4 Å². The summed E-state index contributed by atoms with van der Waals surface area (Å²) in [7, 11) is 0. The van der Waals surface area contributed by atoms with Crippen molar-refractivity contribution in [2.24, 2.45) is 0 Å². The third-order valence-electron chi connectivity index (χ3n) is 4.35. The summed E-state index contributed by atoms with van der Waals surface area (Å²) < 4.78 is 0. The van der Waals surface area contributed by atoms with E-state index in [1.165, 1.54) is 28.4 Å². The predicted molar refractivity (Wildman–Crippen MR) is 101 cm³/mol. The van der Waals surface area contributed by atoms with Crippen LogP contribution in [0.15, 0.2) is 42.9 Å². The monoisotopic (exact) mass is 365 g/mol. The summed E-state index contributed by atoms with van der Waals surface area (Å²) in [5, 5.41) is 3.46. The van der Waals surface area contributed by atoms with Crippen molar-refractivity contribution in [1.29, 1.82) is 0 Å². The zero-order chi connectivity index (χ0) is 17.9. The lowest BCUT2D eigenvalue weighted by atomic mass is 10.1. The first-order valence-electron chi connectivity index (χ1n) is 8.51. The van der Waals surface area contributed by atoms with Crippen LogP contribution in [0.5, 0.6) is 0 Å². The highest BCUT2D eigenvalue weighted by Gasteiger charge is 2.22. The molecule has 0 unspecified atom stereocenters.